The molecule has 0 spiro atoms. The standard InChI is InChI=1S/C19H23FN2O2/c1-2-9-21-10-11-22-19(23)16-6-3-5-15(12-16)14-24-18-8-4-7-17(20)13-18/h3-8,12-13,21H,2,9-11,14H2,1H3,(H,22,23). The highest BCUT2D eigenvalue weighted by atomic mass is 19.1. The summed E-state index contributed by atoms with van der Waals surface area (Å²) in [5, 5.41) is 6.11. The van der Waals surface area contributed by atoms with Gasteiger partial charge in [-0.25, -0.2) is 4.39 Å². The molecule has 24 heavy (non-hydrogen) atoms. The molecule has 2 aromatic rings. The molecule has 0 aliphatic carbocycles. The molecule has 0 aliphatic rings. The van der Waals surface area contributed by atoms with E-state index in [1.165, 1.54) is 12.1 Å². The molecule has 2 N–H and O–H groups in total. The van der Waals surface area contributed by atoms with Gasteiger partial charge >= 0.3 is 0 Å². The van der Waals surface area contributed by atoms with Crippen molar-refractivity contribution < 1.29 is 13.9 Å². The van der Waals surface area contributed by atoms with Crippen LogP contribution in [0.3, 0.4) is 0 Å². The van der Waals surface area contributed by atoms with Crippen molar-refractivity contribution in [3.8, 4) is 5.75 Å². The SMILES string of the molecule is CCCNCCNC(=O)c1cccc(COc2cccc(F)c2)c1. The molecular weight excluding hydrogens is 307 g/mol. The Balaban J connectivity index is 1.85. The van der Waals surface area contributed by atoms with Crippen LogP contribution in [0.25, 0.3) is 0 Å². The van der Waals surface area contributed by atoms with Crippen LogP contribution in [-0.2, 0) is 6.61 Å². The first-order valence-electron chi connectivity index (χ1n) is 8.15. The summed E-state index contributed by atoms with van der Waals surface area (Å²) in [4.78, 5) is 12.1. The Morgan fingerprint density at radius 1 is 1.08 bits per heavy atom. The lowest BCUT2D eigenvalue weighted by atomic mass is 10.1. The van der Waals surface area contributed by atoms with E-state index in [1.54, 1.807) is 24.3 Å². The van der Waals surface area contributed by atoms with Gasteiger partial charge in [0.2, 0.25) is 0 Å². The number of hydrogen-bond acceptors (Lipinski definition) is 3. The van der Waals surface area contributed by atoms with Crippen molar-refractivity contribution in [3.63, 3.8) is 0 Å². The van der Waals surface area contributed by atoms with Gasteiger partial charge in [0, 0.05) is 24.7 Å². The maximum Gasteiger partial charge on any atom is 0.251 e. The number of amides is 1. The summed E-state index contributed by atoms with van der Waals surface area (Å²) < 4.78 is 18.7. The first-order valence-corrected chi connectivity index (χ1v) is 8.15. The van der Waals surface area contributed by atoms with Crippen molar-refractivity contribution in [2.24, 2.45) is 0 Å². The monoisotopic (exact) mass is 330 g/mol. The van der Waals surface area contributed by atoms with Gasteiger partial charge in [0.1, 0.15) is 18.2 Å². The molecule has 4 nitrogen and oxygen atoms in total. The van der Waals surface area contributed by atoms with Crippen molar-refractivity contribution in [2.75, 3.05) is 19.6 Å². The van der Waals surface area contributed by atoms with E-state index in [-0.39, 0.29) is 18.3 Å². The highest BCUT2D eigenvalue weighted by Gasteiger charge is 2.06. The maximum absolute atomic E-state index is 13.1. The molecule has 0 aromatic heterocycles. The van der Waals surface area contributed by atoms with Crippen molar-refractivity contribution in [1.29, 1.82) is 0 Å². The fourth-order valence-corrected chi connectivity index (χ4v) is 2.19. The third-order valence-electron chi connectivity index (χ3n) is 3.40. The summed E-state index contributed by atoms with van der Waals surface area (Å²) in [7, 11) is 0. The fourth-order valence-electron chi connectivity index (χ4n) is 2.19. The van der Waals surface area contributed by atoms with Gasteiger partial charge < -0.3 is 15.4 Å². The second-order valence-corrected chi connectivity index (χ2v) is 5.45. The van der Waals surface area contributed by atoms with Crippen molar-refractivity contribution in [1.82, 2.24) is 10.6 Å². The Morgan fingerprint density at radius 2 is 1.92 bits per heavy atom. The second-order valence-electron chi connectivity index (χ2n) is 5.45. The molecule has 0 saturated carbocycles. The minimum atomic E-state index is -0.336. The number of rotatable bonds is 9. The van der Waals surface area contributed by atoms with Crippen molar-refractivity contribution in [3.05, 3.63) is 65.5 Å². The summed E-state index contributed by atoms with van der Waals surface area (Å²) in [5.41, 5.74) is 1.45. The topological polar surface area (TPSA) is 50.4 Å². The number of halogens is 1. The van der Waals surface area contributed by atoms with Crippen LogP contribution in [0.5, 0.6) is 5.75 Å². The van der Waals surface area contributed by atoms with E-state index in [1.807, 2.05) is 12.1 Å². The third-order valence-corrected chi connectivity index (χ3v) is 3.40. The Kier molecular flexibility index (Phi) is 7.23. The first kappa shape index (κ1) is 17.9. The highest BCUT2D eigenvalue weighted by Crippen LogP contribution is 2.14. The van der Waals surface area contributed by atoms with Gasteiger partial charge in [-0.15, -0.1) is 0 Å². The van der Waals surface area contributed by atoms with E-state index in [9.17, 15) is 9.18 Å². The van der Waals surface area contributed by atoms with Crippen LogP contribution in [-0.4, -0.2) is 25.5 Å². The number of ether oxygens (including phenoxy) is 1. The molecule has 0 heterocycles. The van der Waals surface area contributed by atoms with E-state index < -0.39 is 0 Å². The predicted molar refractivity (Wildman–Crippen MR) is 92.7 cm³/mol. The molecular formula is C19H23FN2O2. The first-order chi connectivity index (χ1) is 11.7. The zero-order chi connectivity index (χ0) is 17.2. The third kappa shape index (κ3) is 6.01. The number of carbonyl (C=O) groups is 1. The van der Waals surface area contributed by atoms with E-state index in [2.05, 4.69) is 17.6 Å². The van der Waals surface area contributed by atoms with Gasteiger partial charge in [-0.1, -0.05) is 25.1 Å². The van der Waals surface area contributed by atoms with Crippen LogP contribution in [0.2, 0.25) is 0 Å². The summed E-state index contributed by atoms with van der Waals surface area (Å²) in [5.74, 6) is 0.0186. The lowest BCUT2D eigenvalue weighted by Gasteiger charge is -2.09. The smallest absolute Gasteiger partial charge is 0.251 e. The maximum atomic E-state index is 13.1. The zero-order valence-electron chi connectivity index (χ0n) is 13.8. The summed E-state index contributed by atoms with van der Waals surface area (Å²) in [6, 6.07) is 13.2. The Hall–Kier alpha value is -2.40. The van der Waals surface area contributed by atoms with E-state index in [0.717, 1.165) is 25.1 Å². The molecule has 0 atom stereocenters. The molecule has 0 bridgehead atoms. The second kappa shape index (κ2) is 9.67. The Bertz CT molecular complexity index is 661. The molecule has 0 radical (unpaired) electrons. The van der Waals surface area contributed by atoms with Crippen LogP contribution in [0.15, 0.2) is 48.5 Å². The Morgan fingerprint density at radius 3 is 2.71 bits per heavy atom. The van der Waals surface area contributed by atoms with Crippen LogP contribution >= 0.6 is 0 Å². The number of hydrogen-bond donors (Lipinski definition) is 2. The lowest BCUT2D eigenvalue weighted by Crippen LogP contribution is -2.32. The van der Waals surface area contributed by atoms with Crippen LogP contribution in [0.1, 0.15) is 29.3 Å². The van der Waals surface area contributed by atoms with Crippen LogP contribution in [0.4, 0.5) is 4.39 Å². The molecule has 5 heteroatoms. The van der Waals surface area contributed by atoms with E-state index in [0.29, 0.717) is 17.9 Å². The summed E-state index contributed by atoms with van der Waals surface area (Å²) >= 11 is 0. The molecule has 0 unspecified atom stereocenters. The zero-order valence-corrected chi connectivity index (χ0v) is 13.8. The molecule has 1 amide bonds. The quantitative estimate of drug-likeness (QED) is 0.695. The molecule has 0 aliphatic heterocycles. The fraction of sp³-hybridized carbons (Fsp3) is 0.316. The molecule has 0 fully saturated rings. The van der Waals surface area contributed by atoms with Gasteiger partial charge in [0.25, 0.3) is 5.91 Å². The predicted octanol–water partition coefficient (Wildman–Crippen LogP) is 3.13. The van der Waals surface area contributed by atoms with Crippen LogP contribution < -0.4 is 15.4 Å². The van der Waals surface area contributed by atoms with Gasteiger partial charge in [-0.05, 0) is 42.8 Å². The Labute approximate surface area is 142 Å². The van der Waals surface area contributed by atoms with E-state index in [4.69, 9.17) is 4.74 Å². The van der Waals surface area contributed by atoms with Gasteiger partial charge in [0.05, 0.1) is 0 Å². The molecule has 0 saturated heterocycles. The van der Waals surface area contributed by atoms with Gasteiger partial charge in [-0.2, -0.15) is 0 Å². The number of nitrogens with one attached hydrogen (secondary N) is 2. The lowest BCUT2D eigenvalue weighted by molar-refractivity contribution is 0.0954. The van der Waals surface area contributed by atoms with Crippen molar-refractivity contribution >= 4 is 5.91 Å². The van der Waals surface area contributed by atoms with Gasteiger partial charge in [-0.3, -0.25) is 4.79 Å². The highest BCUT2D eigenvalue weighted by molar-refractivity contribution is 5.94. The van der Waals surface area contributed by atoms with Crippen molar-refractivity contribution in [2.45, 2.75) is 20.0 Å². The summed E-state index contributed by atoms with van der Waals surface area (Å²) in [6.07, 6.45) is 1.07. The number of carbonyl (C=O) groups excluding carboxylic acids is 1. The minimum absolute atomic E-state index is 0.110. The van der Waals surface area contributed by atoms with Crippen LogP contribution in [0, 0.1) is 5.82 Å². The summed E-state index contributed by atoms with van der Waals surface area (Å²) in [6.45, 7) is 4.67. The molecule has 2 rings (SSSR count). The normalized spacial score (nSPS) is 10.4. The number of benzene rings is 2. The van der Waals surface area contributed by atoms with Gasteiger partial charge in [0.15, 0.2) is 0 Å². The minimum Gasteiger partial charge on any atom is -0.489 e. The average molecular weight is 330 g/mol. The molecule has 128 valence electrons. The van der Waals surface area contributed by atoms with E-state index >= 15 is 0 Å². The largest absolute Gasteiger partial charge is 0.489 e. The molecule has 2 aromatic carbocycles. The average Bonchev–Trinajstić information content (AvgIpc) is 2.60.